The highest BCUT2D eigenvalue weighted by Gasteiger charge is 2.25. The predicted molar refractivity (Wildman–Crippen MR) is 57.3 cm³/mol. The molecule has 0 radical (unpaired) electrons. The molecule has 0 fully saturated rings. The van der Waals surface area contributed by atoms with Gasteiger partial charge < -0.3 is 10.5 Å². The van der Waals surface area contributed by atoms with Crippen molar-refractivity contribution in [2.75, 3.05) is 0 Å². The number of fused-ring (bicyclic) bond motifs is 1. The second-order valence-electron chi connectivity index (χ2n) is 4.05. The largest absolute Gasteiger partial charge is 0.490 e. The van der Waals surface area contributed by atoms with E-state index in [4.69, 9.17) is 10.5 Å². The molecule has 3 heteroatoms. The predicted octanol–water partition coefficient (Wildman–Crippen LogP) is 2.78. The Hall–Kier alpha value is -1.09. The lowest BCUT2D eigenvalue weighted by atomic mass is 9.95. The molecule has 1 heterocycles. The third-order valence-corrected chi connectivity index (χ3v) is 2.79. The number of nitrogens with two attached hydrogens (primary N) is 1. The summed E-state index contributed by atoms with van der Waals surface area (Å²) in [5.74, 6) is 0.496. The number of ether oxygens (including phenoxy) is 1. The van der Waals surface area contributed by atoms with Crippen LogP contribution in [0.1, 0.15) is 37.8 Å². The molecule has 82 valence electrons. The van der Waals surface area contributed by atoms with Gasteiger partial charge in [0.25, 0.3) is 0 Å². The molecule has 1 aliphatic heterocycles. The summed E-state index contributed by atoms with van der Waals surface area (Å²) < 4.78 is 18.8. The smallest absolute Gasteiger partial charge is 0.124 e. The number of benzene rings is 1. The van der Waals surface area contributed by atoms with E-state index in [2.05, 4.69) is 6.92 Å². The van der Waals surface area contributed by atoms with Crippen LogP contribution < -0.4 is 10.5 Å². The van der Waals surface area contributed by atoms with Gasteiger partial charge in [0.05, 0.1) is 0 Å². The van der Waals surface area contributed by atoms with Crippen molar-refractivity contribution in [2.24, 2.45) is 5.73 Å². The maximum Gasteiger partial charge on any atom is 0.124 e. The van der Waals surface area contributed by atoms with Gasteiger partial charge in [0.1, 0.15) is 17.7 Å². The van der Waals surface area contributed by atoms with Crippen molar-refractivity contribution in [2.45, 2.75) is 38.3 Å². The minimum atomic E-state index is -0.248. The van der Waals surface area contributed by atoms with Crippen LogP contribution >= 0.6 is 0 Å². The van der Waals surface area contributed by atoms with Gasteiger partial charge in [-0.2, -0.15) is 0 Å². The molecule has 2 N–H and O–H groups in total. The van der Waals surface area contributed by atoms with Gasteiger partial charge in [-0.15, -0.1) is 0 Å². The van der Waals surface area contributed by atoms with Crippen molar-refractivity contribution >= 4 is 0 Å². The molecule has 0 aromatic heterocycles. The number of hydrogen-bond acceptors (Lipinski definition) is 2. The molecule has 1 aromatic rings. The van der Waals surface area contributed by atoms with E-state index in [1.807, 2.05) is 0 Å². The summed E-state index contributed by atoms with van der Waals surface area (Å²) in [6.07, 6.45) is 3.05. The topological polar surface area (TPSA) is 35.2 Å². The highest BCUT2D eigenvalue weighted by Crippen LogP contribution is 2.34. The number of rotatable bonds is 2. The molecule has 15 heavy (non-hydrogen) atoms. The van der Waals surface area contributed by atoms with Gasteiger partial charge in [-0.05, 0) is 24.6 Å². The fraction of sp³-hybridized carbons (Fsp3) is 0.500. The van der Waals surface area contributed by atoms with Crippen molar-refractivity contribution in [3.05, 3.63) is 29.6 Å². The maximum atomic E-state index is 13.0. The van der Waals surface area contributed by atoms with E-state index >= 15 is 0 Å². The molecule has 0 spiro atoms. The first-order valence-corrected chi connectivity index (χ1v) is 5.42. The van der Waals surface area contributed by atoms with E-state index in [9.17, 15) is 4.39 Å². The molecular weight excluding hydrogens is 193 g/mol. The van der Waals surface area contributed by atoms with Gasteiger partial charge in [-0.1, -0.05) is 13.3 Å². The van der Waals surface area contributed by atoms with Crippen LogP contribution in [0, 0.1) is 5.82 Å². The SMILES string of the molecule is CCCC1C[C@H](N)c2cc(F)ccc2O1. The third kappa shape index (κ3) is 2.12. The van der Waals surface area contributed by atoms with Gasteiger partial charge in [-0.3, -0.25) is 0 Å². The highest BCUT2D eigenvalue weighted by atomic mass is 19.1. The van der Waals surface area contributed by atoms with E-state index in [0.29, 0.717) is 0 Å². The van der Waals surface area contributed by atoms with Crippen molar-refractivity contribution in [3.8, 4) is 5.75 Å². The van der Waals surface area contributed by atoms with E-state index in [-0.39, 0.29) is 18.0 Å². The Labute approximate surface area is 89.2 Å². The first-order valence-electron chi connectivity index (χ1n) is 5.42. The van der Waals surface area contributed by atoms with Crippen molar-refractivity contribution in [3.63, 3.8) is 0 Å². The molecule has 0 saturated carbocycles. The molecule has 2 nitrogen and oxygen atoms in total. The zero-order valence-corrected chi connectivity index (χ0v) is 8.87. The van der Waals surface area contributed by atoms with E-state index in [1.165, 1.54) is 12.1 Å². The first-order chi connectivity index (χ1) is 7.20. The van der Waals surface area contributed by atoms with Gasteiger partial charge in [0.2, 0.25) is 0 Å². The summed E-state index contributed by atoms with van der Waals surface area (Å²) in [6.45, 7) is 2.12. The standard InChI is InChI=1S/C12H16FNO/c1-2-3-9-7-11(14)10-6-8(13)4-5-12(10)15-9/h4-6,9,11H,2-3,7,14H2,1H3/t9?,11-/m0/s1. The summed E-state index contributed by atoms with van der Waals surface area (Å²) in [5.41, 5.74) is 6.78. The summed E-state index contributed by atoms with van der Waals surface area (Å²) in [7, 11) is 0. The quantitative estimate of drug-likeness (QED) is 0.812. The Morgan fingerprint density at radius 2 is 2.33 bits per heavy atom. The fourth-order valence-corrected chi connectivity index (χ4v) is 2.05. The van der Waals surface area contributed by atoms with Gasteiger partial charge in [0.15, 0.2) is 0 Å². The second-order valence-corrected chi connectivity index (χ2v) is 4.05. The van der Waals surface area contributed by atoms with Crippen LogP contribution in [0.25, 0.3) is 0 Å². The van der Waals surface area contributed by atoms with Crippen LogP contribution in [0.4, 0.5) is 4.39 Å². The molecule has 1 aromatic carbocycles. The molecule has 0 saturated heterocycles. The van der Waals surface area contributed by atoms with E-state index in [1.54, 1.807) is 6.07 Å². The summed E-state index contributed by atoms with van der Waals surface area (Å²) >= 11 is 0. The van der Waals surface area contributed by atoms with Crippen LogP contribution in [0.2, 0.25) is 0 Å². The first kappa shape index (κ1) is 10.4. The van der Waals surface area contributed by atoms with Crippen molar-refractivity contribution in [1.82, 2.24) is 0 Å². The highest BCUT2D eigenvalue weighted by molar-refractivity contribution is 5.38. The summed E-state index contributed by atoms with van der Waals surface area (Å²) in [6, 6.07) is 4.47. The fourth-order valence-electron chi connectivity index (χ4n) is 2.05. The zero-order valence-electron chi connectivity index (χ0n) is 8.87. The number of hydrogen-bond donors (Lipinski definition) is 1. The van der Waals surface area contributed by atoms with Crippen LogP contribution in [0.5, 0.6) is 5.75 Å². The normalized spacial score (nSPS) is 24.5. The molecule has 2 rings (SSSR count). The molecule has 1 aliphatic rings. The van der Waals surface area contributed by atoms with Gasteiger partial charge >= 0.3 is 0 Å². The van der Waals surface area contributed by atoms with E-state index < -0.39 is 0 Å². The summed E-state index contributed by atoms with van der Waals surface area (Å²) in [5, 5.41) is 0. The average molecular weight is 209 g/mol. The van der Waals surface area contributed by atoms with E-state index in [0.717, 1.165) is 30.6 Å². The molecule has 0 bridgehead atoms. The third-order valence-electron chi connectivity index (χ3n) is 2.79. The average Bonchev–Trinajstić information content (AvgIpc) is 2.20. The lowest BCUT2D eigenvalue weighted by molar-refractivity contribution is 0.149. The number of halogens is 1. The van der Waals surface area contributed by atoms with Crippen LogP contribution in [0.3, 0.4) is 0 Å². The Morgan fingerprint density at radius 3 is 3.07 bits per heavy atom. The minimum absolute atomic E-state index is 0.0963. The molecule has 1 unspecified atom stereocenters. The van der Waals surface area contributed by atoms with Gasteiger partial charge in [-0.25, -0.2) is 4.39 Å². The second kappa shape index (κ2) is 4.19. The van der Waals surface area contributed by atoms with Gasteiger partial charge in [0, 0.05) is 18.0 Å². The lowest BCUT2D eigenvalue weighted by Crippen LogP contribution is -2.29. The Bertz CT molecular complexity index is 353. The molecule has 0 aliphatic carbocycles. The van der Waals surface area contributed by atoms with Crippen molar-refractivity contribution in [1.29, 1.82) is 0 Å². The summed E-state index contributed by atoms with van der Waals surface area (Å²) in [4.78, 5) is 0. The Morgan fingerprint density at radius 1 is 1.53 bits per heavy atom. The van der Waals surface area contributed by atoms with Crippen LogP contribution in [-0.4, -0.2) is 6.10 Å². The maximum absolute atomic E-state index is 13.0. The zero-order chi connectivity index (χ0) is 10.8. The Kier molecular flexibility index (Phi) is 2.91. The lowest BCUT2D eigenvalue weighted by Gasteiger charge is -2.30. The Balaban J connectivity index is 2.24. The van der Waals surface area contributed by atoms with Crippen LogP contribution in [-0.2, 0) is 0 Å². The monoisotopic (exact) mass is 209 g/mol. The van der Waals surface area contributed by atoms with Crippen molar-refractivity contribution < 1.29 is 9.13 Å². The molecule has 2 atom stereocenters. The van der Waals surface area contributed by atoms with Crippen LogP contribution in [0.15, 0.2) is 18.2 Å². The molecule has 0 amide bonds. The minimum Gasteiger partial charge on any atom is -0.490 e. The molecular formula is C12H16FNO.